The van der Waals surface area contributed by atoms with Crippen LogP contribution < -0.4 is 0 Å². The molecule has 1 amide bonds. The van der Waals surface area contributed by atoms with Crippen LogP contribution >= 0.6 is 0 Å². The zero-order valence-corrected chi connectivity index (χ0v) is 10.6. The smallest absolute Gasteiger partial charge is 0.326 e. The van der Waals surface area contributed by atoms with Crippen LogP contribution in [0.3, 0.4) is 0 Å². The van der Waals surface area contributed by atoms with E-state index in [-0.39, 0.29) is 18.9 Å². The minimum atomic E-state index is -3.16. The Labute approximate surface area is 105 Å². The van der Waals surface area contributed by atoms with E-state index in [0.29, 0.717) is 19.4 Å². The highest BCUT2D eigenvalue weighted by Crippen LogP contribution is 2.28. The molecule has 0 aromatic heterocycles. The molecular weight excluding hydrogens is 244 g/mol. The predicted molar refractivity (Wildman–Crippen MR) is 61.2 cm³/mol. The molecule has 1 aliphatic heterocycles. The number of amides is 1. The Morgan fingerprint density at radius 1 is 1.33 bits per heavy atom. The van der Waals surface area contributed by atoms with Crippen LogP contribution in [0.2, 0.25) is 0 Å². The van der Waals surface area contributed by atoms with Crippen LogP contribution in [-0.4, -0.2) is 42.9 Å². The van der Waals surface area contributed by atoms with Crippen molar-refractivity contribution in [1.82, 2.24) is 4.90 Å². The third kappa shape index (κ3) is 4.23. The van der Waals surface area contributed by atoms with Crippen molar-refractivity contribution in [3.05, 3.63) is 0 Å². The first-order valence-electron chi connectivity index (χ1n) is 6.21. The number of hydrogen-bond acceptors (Lipinski definition) is 3. The molecule has 104 valence electrons. The van der Waals surface area contributed by atoms with Gasteiger partial charge in [0.05, 0.1) is 7.11 Å². The third-order valence-electron chi connectivity index (χ3n) is 3.08. The lowest BCUT2D eigenvalue weighted by atomic mass is 10.1. The van der Waals surface area contributed by atoms with E-state index in [1.165, 1.54) is 12.0 Å². The van der Waals surface area contributed by atoms with Gasteiger partial charge in [-0.05, 0) is 12.8 Å². The number of unbranched alkanes of at least 4 members (excludes halogenated alkanes) is 3. The molecule has 0 aliphatic carbocycles. The summed E-state index contributed by atoms with van der Waals surface area (Å²) in [5, 5.41) is 0. The largest absolute Gasteiger partial charge is 0.469 e. The van der Waals surface area contributed by atoms with E-state index in [0.717, 1.165) is 19.3 Å². The van der Waals surface area contributed by atoms with Crippen molar-refractivity contribution >= 4 is 11.9 Å². The van der Waals surface area contributed by atoms with Crippen LogP contribution in [-0.2, 0) is 14.3 Å². The second-order valence-corrected chi connectivity index (χ2v) is 4.49. The van der Waals surface area contributed by atoms with Gasteiger partial charge in [-0.15, -0.1) is 0 Å². The Balaban J connectivity index is 2.06. The van der Waals surface area contributed by atoms with Crippen molar-refractivity contribution in [2.45, 2.75) is 44.4 Å². The molecule has 0 N–H and O–H groups in total. The highest BCUT2D eigenvalue weighted by atomic mass is 19.3. The van der Waals surface area contributed by atoms with Gasteiger partial charge in [-0.2, -0.15) is 8.78 Å². The van der Waals surface area contributed by atoms with Crippen LogP contribution in [0.4, 0.5) is 8.78 Å². The second-order valence-electron chi connectivity index (χ2n) is 4.49. The van der Waals surface area contributed by atoms with Crippen LogP contribution in [0.15, 0.2) is 0 Å². The van der Waals surface area contributed by atoms with Crippen LogP contribution in [0, 0.1) is 0 Å². The quantitative estimate of drug-likeness (QED) is 0.521. The van der Waals surface area contributed by atoms with E-state index in [2.05, 4.69) is 4.74 Å². The van der Waals surface area contributed by atoms with E-state index in [1.54, 1.807) is 0 Å². The molecular formula is C12H19F2NO3. The predicted octanol–water partition coefficient (Wildman–Crippen LogP) is 1.98. The van der Waals surface area contributed by atoms with E-state index in [4.69, 9.17) is 0 Å². The van der Waals surface area contributed by atoms with E-state index in [9.17, 15) is 18.4 Å². The van der Waals surface area contributed by atoms with Gasteiger partial charge in [0, 0.05) is 25.9 Å². The number of likely N-dealkylation sites (tertiary alicyclic amines) is 1. The number of carbonyl (C=O) groups excluding carboxylic acids is 2. The third-order valence-corrected chi connectivity index (χ3v) is 3.08. The molecule has 1 fully saturated rings. The van der Waals surface area contributed by atoms with Crippen molar-refractivity contribution in [2.24, 2.45) is 0 Å². The molecule has 4 nitrogen and oxygen atoms in total. The number of alkyl halides is 2. The van der Waals surface area contributed by atoms with Crippen molar-refractivity contribution in [2.75, 3.05) is 20.2 Å². The minimum Gasteiger partial charge on any atom is -0.469 e. The van der Waals surface area contributed by atoms with Gasteiger partial charge >= 0.3 is 11.9 Å². The molecule has 0 radical (unpaired) electrons. The molecule has 0 saturated carbocycles. The number of esters is 1. The number of methoxy groups -OCH3 is 1. The fraction of sp³-hybridized carbons (Fsp3) is 0.833. The van der Waals surface area contributed by atoms with E-state index >= 15 is 0 Å². The number of rotatable bonds is 7. The summed E-state index contributed by atoms with van der Waals surface area (Å²) in [4.78, 5) is 23.2. The minimum absolute atomic E-state index is 0.147. The maximum absolute atomic E-state index is 12.9. The normalized spacial score (nSPS) is 18.2. The summed E-state index contributed by atoms with van der Waals surface area (Å²) in [6, 6.07) is 0. The van der Waals surface area contributed by atoms with E-state index < -0.39 is 11.8 Å². The van der Waals surface area contributed by atoms with Gasteiger partial charge in [0.15, 0.2) is 0 Å². The molecule has 6 heteroatoms. The number of halogens is 2. The van der Waals surface area contributed by atoms with E-state index in [1.807, 2.05) is 0 Å². The van der Waals surface area contributed by atoms with Crippen molar-refractivity contribution < 1.29 is 23.1 Å². The second kappa shape index (κ2) is 6.66. The van der Waals surface area contributed by atoms with Gasteiger partial charge < -0.3 is 9.64 Å². The molecule has 0 aromatic rings. The summed E-state index contributed by atoms with van der Waals surface area (Å²) in [7, 11) is 1.35. The standard InChI is InChI=1S/C12H19F2NO3/c1-18-10(16)6-4-2-3-5-8-15-9-7-12(13,14)11(15)17/h2-9H2,1H3. The molecule has 0 atom stereocenters. The maximum Gasteiger partial charge on any atom is 0.326 e. The number of ether oxygens (including phenoxy) is 1. The lowest BCUT2D eigenvalue weighted by molar-refractivity contribution is -0.147. The van der Waals surface area contributed by atoms with Gasteiger partial charge in [-0.25, -0.2) is 0 Å². The fourth-order valence-corrected chi connectivity index (χ4v) is 1.96. The summed E-state index contributed by atoms with van der Waals surface area (Å²) in [5.74, 6) is -4.44. The Hall–Kier alpha value is -1.20. The molecule has 0 aromatic carbocycles. The topological polar surface area (TPSA) is 46.6 Å². The maximum atomic E-state index is 12.9. The van der Waals surface area contributed by atoms with Crippen LogP contribution in [0.5, 0.6) is 0 Å². The molecule has 0 bridgehead atoms. The SMILES string of the molecule is COC(=O)CCCCCCN1CCC(F)(F)C1=O. The van der Waals surface area contributed by atoms with Gasteiger partial charge in [-0.3, -0.25) is 9.59 Å². The number of carbonyl (C=O) groups is 2. The first-order chi connectivity index (χ1) is 8.47. The summed E-state index contributed by atoms with van der Waals surface area (Å²) >= 11 is 0. The average molecular weight is 263 g/mol. The molecule has 1 rings (SSSR count). The summed E-state index contributed by atoms with van der Waals surface area (Å²) in [6.07, 6.45) is 3.12. The zero-order chi connectivity index (χ0) is 13.6. The summed E-state index contributed by atoms with van der Waals surface area (Å²) < 4.78 is 30.3. The summed E-state index contributed by atoms with van der Waals surface area (Å²) in [5.41, 5.74) is 0. The number of nitrogens with zero attached hydrogens (tertiary/aromatic N) is 1. The monoisotopic (exact) mass is 263 g/mol. The van der Waals surface area contributed by atoms with Gasteiger partial charge in [0.25, 0.3) is 5.91 Å². The lowest BCUT2D eigenvalue weighted by Gasteiger charge is -2.15. The summed E-state index contributed by atoms with van der Waals surface area (Å²) in [6.45, 7) is 0.528. The average Bonchev–Trinajstić information content (AvgIpc) is 2.59. The lowest BCUT2D eigenvalue weighted by Crippen LogP contribution is -2.33. The van der Waals surface area contributed by atoms with Crippen molar-refractivity contribution in [3.8, 4) is 0 Å². The molecule has 1 aliphatic rings. The fourth-order valence-electron chi connectivity index (χ4n) is 1.96. The molecule has 0 unspecified atom stereocenters. The van der Waals surface area contributed by atoms with Gasteiger partial charge in [0.2, 0.25) is 0 Å². The molecule has 1 saturated heterocycles. The molecule has 0 spiro atoms. The van der Waals surface area contributed by atoms with Crippen LogP contribution in [0.25, 0.3) is 0 Å². The Morgan fingerprint density at radius 2 is 2.00 bits per heavy atom. The highest BCUT2D eigenvalue weighted by Gasteiger charge is 2.47. The first-order valence-corrected chi connectivity index (χ1v) is 6.21. The Morgan fingerprint density at radius 3 is 2.56 bits per heavy atom. The Kier molecular flexibility index (Phi) is 5.50. The first kappa shape index (κ1) is 14.9. The van der Waals surface area contributed by atoms with Crippen molar-refractivity contribution in [3.63, 3.8) is 0 Å². The molecule has 18 heavy (non-hydrogen) atoms. The Bertz CT molecular complexity index is 308. The van der Waals surface area contributed by atoms with Gasteiger partial charge in [-0.1, -0.05) is 12.8 Å². The van der Waals surface area contributed by atoms with Crippen molar-refractivity contribution in [1.29, 1.82) is 0 Å². The highest BCUT2D eigenvalue weighted by molar-refractivity contribution is 5.85. The zero-order valence-electron chi connectivity index (χ0n) is 10.6. The van der Waals surface area contributed by atoms with Crippen LogP contribution in [0.1, 0.15) is 38.5 Å². The van der Waals surface area contributed by atoms with Gasteiger partial charge in [0.1, 0.15) is 0 Å². The number of hydrogen-bond donors (Lipinski definition) is 0. The molecule has 1 heterocycles.